The largest absolute Gasteiger partial charge is 0.0870 e. The summed E-state index contributed by atoms with van der Waals surface area (Å²) in [6.07, 6.45) is 16.8. The molecule has 0 unspecified atom stereocenters. The van der Waals surface area contributed by atoms with Crippen molar-refractivity contribution in [2.24, 2.45) is 10.8 Å². The first-order chi connectivity index (χ1) is 5.37. The monoisotopic (exact) mass is 146 g/mol. The van der Waals surface area contributed by atoms with Crippen molar-refractivity contribution in [2.75, 3.05) is 0 Å². The van der Waals surface area contributed by atoms with Crippen LogP contribution >= 0.6 is 0 Å². The second kappa shape index (κ2) is 1.63. The van der Waals surface area contributed by atoms with Crippen LogP contribution in [0.15, 0.2) is 24.3 Å². The maximum atomic E-state index is 2.48. The van der Waals surface area contributed by atoms with Crippen LogP contribution in [0, 0.1) is 10.8 Å². The van der Waals surface area contributed by atoms with E-state index in [9.17, 15) is 0 Å². The highest BCUT2D eigenvalue weighted by Crippen LogP contribution is 2.65. The summed E-state index contributed by atoms with van der Waals surface area (Å²) in [5.41, 5.74) is 1.21. The number of allylic oxidation sites excluding steroid dienone is 4. The van der Waals surface area contributed by atoms with Crippen molar-refractivity contribution >= 4 is 0 Å². The molecule has 0 aliphatic heterocycles. The fourth-order valence-electron chi connectivity index (χ4n) is 3.45. The van der Waals surface area contributed by atoms with Gasteiger partial charge in [0.1, 0.15) is 0 Å². The number of rotatable bonds is 0. The van der Waals surface area contributed by atoms with E-state index in [1.807, 2.05) is 0 Å². The maximum Gasteiger partial charge on any atom is 0.0123 e. The minimum atomic E-state index is 0.535. The third kappa shape index (κ3) is 0.503. The standard InChI is InChI=1S/C11H14/c1-4-10-6-2-7-11(10,5-1)9-3-8-10/h1-2,4,6H,3,5,7-9H2. The zero-order valence-corrected chi connectivity index (χ0v) is 6.84. The second-order valence-corrected chi connectivity index (χ2v) is 4.39. The van der Waals surface area contributed by atoms with Crippen molar-refractivity contribution in [1.82, 2.24) is 0 Å². The van der Waals surface area contributed by atoms with Crippen LogP contribution in [0.4, 0.5) is 0 Å². The van der Waals surface area contributed by atoms with Gasteiger partial charge < -0.3 is 0 Å². The first-order valence-electron chi connectivity index (χ1n) is 4.72. The normalized spacial score (nSPS) is 51.6. The molecular formula is C11H14. The lowest BCUT2D eigenvalue weighted by Gasteiger charge is -2.33. The molecule has 0 heterocycles. The third-order valence-corrected chi connectivity index (χ3v) is 4.08. The van der Waals surface area contributed by atoms with Crippen molar-refractivity contribution in [2.45, 2.75) is 32.1 Å². The molecule has 0 aromatic carbocycles. The fraction of sp³-hybridized carbons (Fsp3) is 0.636. The third-order valence-electron chi connectivity index (χ3n) is 4.08. The maximum absolute atomic E-state index is 2.48. The minimum absolute atomic E-state index is 0.535. The Morgan fingerprint density at radius 3 is 2.27 bits per heavy atom. The summed E-state index contributed by atoms with van der Waals surface area (Å²) in [6, 6.07) is 0. The highest BCUT2D eigenvalue weighted by atomic mass is 14.6. The van der Waals surface area contributed by atoms with Crippen molar-refractivity contribution in [3.05, 3.63) is 24.3 Å². The Labute approximate surface area is 68.0 Å². The predicted octanol–water partition coefficient (Wildman–Crippen LogP) is 3.06. The molecule has 0 aromatic heterocycles. The van der Waals surface area contributed by atoms with E-state index in [0.717, 1.165) is 0 Å². The zero-order chi connectivity index (χ0) is 7.36. The van der Waals surface area contributed by atoms with E-state index in [2.05, 4.69) is 24.3 Å². The predicted molar refractivity (Wildman–Crippen MR) is 46.2 cm³/mol. The Morgan fingerprint density at radius 2 is 1.64 bits per heavy atom. The van der Waals surface area contributed by atoms with E-state index in [-0.39, 0.29) is 0 Å². The van der Waals surface area contributed by atoms with E-state index in [1.165, 1.54) is 32.1 Å². The SMILES string of the molecule is C1=CC23C=CCC2(C1)CCC3. The first kappa shape index (κ1) is 6.05. The van der Waals surface area contributed by atoms with E-state index < -0.39 is 0 Å². The average molecular weight is 146 g/mol. The highest BCUT2D eigenvalue weighted by Gasteiger charge is 2.54. The molecule has 3 rings (SSSR count). The Bertz CT molecular complexity index is 229. The van der Waals surface area contributed by atoms with Gasteiger partial charge in [-0.1, -0.05) is 30.7 Å². The van der Waals surface area contributed by atoms with E-state index in [4.69, 9.17) is 0 Å². The van der Waals surface area contributed by atoms with E-state index in [0.29, 0.717) is 10.8 Å². The molecule has 0 amide bonds. The Hall–Kier alpha value is -0.520. The molecule has 3 aliphatic rings. The van der Waals surface area contributed by atoms with Crippen molar-refractivity contribution in [3.63, 3.8) is 0 Å². The smallest absolute Gasteiger partial charge is 0.0123 e. The topological polar surface area (TPSA) is 0 Å². The van der Waals surface area contributed by atoms with Crippen LogP contribution in [0.25, 0.3) is 0 Å². The summed E-state index contributed by atoms with van der Waals surface area (Å²) in [7, 11) is 0. The molecule has 1 fully saturated rings. The van der Waals surface area contributed by atoms with Gasteiger partial charge in [0.15, 0.2) is 0 Å². The average Bonchev–Trinajstić information content (AvgIpc) is 2.40. The minimum Gasteiger partial charge on any atom is -0.0870 e. The van der Waals surface area contributed by atoms with Gasteiger partial charge in [0.25, 0.3) is 0 Å². The van der Waals surface area contributed by atoms with Gasteiger partial charge in [0, 0.05) is 5.41 Å². The van der Waals surface area contributed by atoms with Crippen LogP contribution in [-0.2, 0) is 0 Å². The molecule has 0 nitrogen and oxygen atoms in total. The molecule has 0 saturated heterocycles. The molecule has 0 radical (unpaired) electrons. The van der Waals surface area contributed by atoms with Gasteiger partial charge >= 0.3 is 0 Å². The zero-order valence-electron chi connectivity index (χ0n) is 6.84. The molecule has 11 heavy (non-hydrogen) atoms. The van der Waals surface area contributed by atoms with Gasteiger partial charge in [0.2, 0.25) is 0 Å². The summed E-state index contributed by atoms with van der Waals surface area (Å²) in [5, 5.41) is 0. The molecule has 0 bridgehead atoms. The van der Waals surface area contributed by atoms with Crippen LogP contribution in [0.5, 0.6) is 0 Å². The van der Waals surface area contributed by atoms with Crippen LogP contribution in [0.3, 0.4) is 0 Å². The van der Waals surface area contributed by atoms with Gasteiger partial charge in [-0.25, -0.2) is 0 Å². The lowest BCUT2D eigenvalue weighted by Crippen LogP contribution is -2.26. The van der Waals surface area contributed by atoms with Gasteiger partial charge in [-0.3, -0.25) is 0 Å². The highest BCUT2D eigenvalue weighted by molar-refractivity contribution is 5.32. The molecule has 0 heteroatoms. The summed E-state index contributed by atoms with van der Waals surface area (Å²) >= 11 is 0. The van der Waals surface area contributed by atoms with Crippen LogP contribution in [0.2, 0.25) is 0 Å². The molecular weight excluding hydrogens is 132 g/mol. The van der Waals surface area contributed by atoms with Gasteiger partial charge in [0.05, 0.1) is 0 Å². The van der Waals surface area contributed by atoms with Crippen LogP contribution in [-0.4, -0.2) is 0 Å². The van der Waals surface area contributed by atoms with Crippen LogP contribution in [0.1, 0.15) is 32.1 Å². The molecule has 3 aliphatic carbocycles. The summed E-state index contributed by atoms with van der Waals surface area (Å²) < 4.78 is 0. The van der Waals surface area contributed by atoms with Crippen molar-refractivity contribution < 1.29 is 0 Å². The number of hydrogen-bond acceptors (Lipinski definition) is 0. The van der Waals surface area contributed by atoms with E-state index in [1.54, 1.807) is 0 Å². The lowest BCUT2D eigenvalue weighted by atomic mass is 9.70. The Balaban J connectivity index is 2.17. The Morgan fingerprint density at radius 1 is 0.909 bits per heavy atom. The lowest BCUT2D eigenvalue weighted by molar-refractivity contribution is 0.217. The first-order valence-corrected chi connectivity index (χ1v) is 4.72. The molecule has 0 atom stereocenters. The van der Waals surface area contributed by atoms with Crippen LogP contribution < -0.4 is 0 Å². The molecule has 1 saturated carbocycles. The van der Waals surface area contributed by atoms with Gasteiger partial charge in [-0.2, -0.15) is 0 Å². The van der Waals surface area contributed by atoms with Crippen molar-refractivity contribution in [3.8, 4) is 0 Å². The number of hydrogen-bond donors (Lipinski definition) is 0. The Kier molecular flexibility index (Phi) is 0.894. The molecule has 0 N–H and O–H groups in total. The van der Waals surface area contributed by atoms with Gasteiger partial charge in [-0.15, -0.1) is 0 Å². The summed E-state index contributed by atoms with van der Waals surface area (Å²) in [4.78, 5) is 0. The second-order valence-electron chi connectivity index (χ2n) is 4.39. The molecule has 0 aromatic rings. The van der Waals surface area contributed by atoms with E-state index >= 15 is 0 Å². The molecule has 0 spiro atoms. The molecule has 58 valence electrons. The summed E-state index contributed by atoms with van der Waals surface area (Å²) in [6.45, 7) is 0. The fourth-order valence-corrected chi connectivity index (χ4v) is 3.45. The quantitative estimate of drug-likeness (QED) is 0.461. The van der Waals surface area contributed by atoms with Gasteiger partial charge in [-0.05, 0) is 31.1 Å². The summed E-state index contributed by atoms with van der Waals surface area (Å²) in [5.74, 6) is 0. The van der Waals surface area contributed by atoms with Crippen molar-refractivity contribution in [1.29, 1.82) is 0 Å².